The summed E-state index contributed by atoms with van der Waals surface area (Å²) >= 11 is 0. The standard InChI is InChI=1S/C34H32N2O4/c1-3-35(4-2)20-21-36-30(25-14-17-26(18-15-25)39-22-23-10-6-5-7-11-23)29-31(37)28-19-16-24-12-8-9-13-27(24)32(28)40-33(29)34(36)38/h5-19,30H,3-4,20-22H2,1-2H3. The lowest BCUT2D eigenvalue weighted by Gasteiger charge is -2.28. The third-order valence-corrected chi connectivity index (χ3v) is 7.85. The average molecular weight is 533 g/mol. The minimum Gasteiger partial charge on any atom is -0.489 e. The molecule has 1 atom stereocenters. The van der Waals surface area contributed by atoms with Gasteiger partial charge in [0.15, 0.2) is 5.43 Å². The zero-order valence-corrected chi connectivity index (χ0v) is 22.8. The van der Waals surface area contributed by atoms with Gasteiger partial charge in [-0.05, 0) is 47.8 Å². The van der Waals surface area contributed by atoms with Crippen molar-refractivity contribution >= 4 is 27.6 Å². The monoisotopic (exact) mass is 532 g/mol. The van der Waals surface area contributed by atoms with Crippen LogP contribution in [0, 0.1) is 0 Å². The Morgan fingerprint density at radius 2 is 1.55 bits per heavy atom. The highest BCUT2D eigenvalue weighted by molar-refractivity contribution is 6.06. The van der Waals surface area contributed by atoms with Crippen LogP contribution >= 0.6 is 0 Å². The molecule has 40 heavy (non-hydrogen) atoms. The largest absolute Gasteiger partial charge is 0.489 e. The topological polar surface area (TPSA) is 63.0 Å². The molecule has 0 N–H and O–H groups in total. The van der Waals surface area contributed by atoms with E-state index in [1.54, 1.807) is 4.90 Å². The number of carbonyl (C=O) groups excluding carboxylic acids is 1. The Morgan fingerprint density at radius 1 is 0.825 bits per heavy atom. The van der Waals surface area contributed by atoms with Gasteiger partial charge in [0.05, 0.1) is 17.0 Å². The van der Waals surface area contributed by atoms with Crippen LogP contribution in [0.3, 0.4) is 0 Å². The highest BCUT2D eigenvalue weighted by Crippen LogP contribution is 2.39. The van der Waals surface area contributed by atoms with Crippen LogP contribution < -0.4 is 10.2 Å². The number of benzene rings is 4. The van der Waals surface area contributed by atoms with E-state index in [0.717, 1.165) is 40.7 Å². The van der Waals surface area contributed by atoms with Crippen LogP contribution in [-0.2, 0) is 6.61 Å². The van der Waals surface area contributed by atoms with E-state index in [9.17, 15) is 9.59 Å². The molecule has 2 heterocycles. The summed E-state index contributed by atoms with van der Waals surface area (Å²) in [6.45, 7) is 7.64. The molecule has 1 aliphatic rings. The van der Waals surface area contributed by atoms with Gasteiger partial charge < -0.3 is 19.0 Å². The Labute approximate surface area is 233 Å². The fraction of sp³-hybridized carbons (Fsp3) is 0.235. The summed E-state index contributed by atoms with van der Waals surface area (Å²) in [5.41, 5.74) is 2.65. The summed E-state index contributed by atoms with van der Waals surface area (Å²) in [4.78, 5) is 32.0. The van der Waals surface area contributed by atoms with Crippen LogP contribution in [0.4, 0.5) is 0 Å². The summed E-state index contributed by atoms with van der Waals surface area (Å²) in [6.07, 6.45) is 0. The van der Waals surface area contributed by atoms with Crippen molar-refractivity contribution < 1.29 is 13.9 Å². The van der Waals surface area contributed by atoms with Gasteiger partial charge in [0.25, 0.3) is 5.91 Å². The van der Waals surface area contributed by atoms with Gasteiger partial charge in [0.1, 0.15) is 17.9 Å². The first-order valence-electron chi connectivity index (χ1n) is 13.9. The number of carbonyl (C=O) groups is 1. The second-order valence-corrected chi connectivity index (χ2v) is 10.1. The summed E-state index contributed by atoms with van der Waals surface area (Å²) in [7, 11) is 0. The number of amides is 1. The smallest absolute Gasteiger partial charge is 0.290 e. The summed E-state index contributed by atoms with van der Waals surface area (Å²) in [6, 6.07) is 28.7. The molecule has 5 aromatic rings. The van der Waals surface area contributed by atoms with Gasteiger partial charge in [0, 0.05) is 18.5 Å². The van der Waals surface area contributed by atoms with E-state index in [0.29, 0.717) is 36.2 Å². The molecule has 1 amide bonds. The van der Waals surface area contributed by atoms with Crippen LogP contribution in [0.5, 0.6) is 5.75 Å². The predicted octanol–water partition coefficient (Wildman–Crippen LogP) is 6.41. The molecule has 0 radical (unpaired) electrons. The minimum atomic E-state index is -0.534. The molecule has 1 aliphatic heterocycles. The molecule has 0 fully saturated rings. The molecule has 4 aromatic carbocycles. The molecule has 6 heteroatoms. The van der Waals surface area contributed by atoms with E-state index >= 15 is 0 Å². The highest BCUT2D eigenvalue weighted by atomic mass is 16.5. The van der Waals surface area contributed by atoms with Crippen molar-refractivity contribution in [3.05, 3.63) is 124 Å². The quantitative estimate of drug-likeness (QED) is 0.205. The number of nitrogens with zero attached hydrogens (tertiary/aromatic N) is 2. The van der Waals surface area contributed by atoms with Crippen LogP contribution in [0.15, 0.2) is 100 Å². The van der Waals surface area contributed by atoms with Crippen LogP contribution in [-0.4, -0.2) is 41.9 Å². The number of likely N-dealkylation sites (N-methyl/N-ethyl adjacent to an activating group) is 1. The molecule has 0 aliphatic carbocycles. The average Bonchev–Trinajstić information content (AvgIpc) is 3.28. The van der Waals surface area contributed by atoms with E-state index in [-0.39, 0.29) is 17.1 Å². The lowest BCUT2D eigenvalue weighted by Crippen LogP contribution is -2.37. The lowest BCUT2D eigenvalue weighted by molar-refractivity contribution is 0.0708. The molecule has 6 nitrogen and oxygen atoms in total. The van der Waals surface area contributed by atoms with Crippen molar-refractivity contribution in [1.82, 2.24) is 9.80 Å². The SMILES string of the molecule is CCN(CC)CCN1C(=O)c2oc3c(ccc4ccccc43)c(=O)c2C1c1ccc(OCc2ccccc2)cc1. The molecular weight excluding hydrogens is 500 g/mol. The number of ether oxygens (including phenoxy) is 1. The second kappa shape index (κ2) is 11.0. The summed E-state index contributed by atoms with van der Waals surface area (Å²) in [5, 5.41) is 2.28. The van der Waals surface area contributed by atoms with E-state index in [1.807, 2.05) is 91.0 Å². The maximum absolute atomic E-state index is 14.0. The number of hydrogen-bond donors (Lipinski definition) is 0. The Kier molecular flexibility index (Phi) is 7.10. The van der Waals surface area contributed by atoms with Crippen molar-refractivity contribution in [2.24, 2.45) is 0 Å². The first-order valence-corrected chi connectivity index (χ1v) is 13.9. The molecule has 0 saturated heterocycles. The molecule has 1 unspecified atom stereocenters. The van der Waals surface area contributed by atoms with Gasteiger partial charge in [-0.2, -0.15) is 0 Å². The maximum Gasteiger partial charge on any atom is 0.290 e. The Bertz CT molecular complexity index is 1720. The van der Waals surface area contributed by atoms with E-state index in [4.69, 9.17) is 9.15 Å². The maximum atomic E-state index is 14.0. The zero-order valence-electron chi connectivity index (χ0n) is 22.8. The molecule has 202 valence electrons. The third kappa shape index (κ3) is 4.65. The molecule has 0 saturated carbocycles. The predicted molar refractivity (Wildman–Crippen MR) is 158 cm³/mol. The van der Waals surface area contributed by atoms with Gasteiger partial charge in [0.2, 0.25) is 5.76 Å². The zero-order chi connectivity index (χ0) is 27.6. The summed E-state index contributed by atoms with van der Waals surface area (Å²) in [5.74, 6) is 0.621. The first-order chi connectivity index (χ1) is 19.6. The van der Waals surface area contributed by atoms with Gasteiger partial charge in [-0.15, -0.1) is 0 Å². The highest BCUT2D eigenvalue weighted by Gasteiger charge is 2.42. The molecule has 1 aromatic heterocycles. The molecular formula is C34H32N2O4. The third-order valence-electron chi connectivity index (χ3n) is 7.85. The normalized spacial score (nSPS) is 14.8. The van der Waals surface area contributed by atoms with Gasteiger partial charge in [-0.25, -0.2) is 0 Å². The fourth-order valence-corrected chi connectivity index (χ4v) is 5.60. The molecule has 0 bridgehead atoms. The number of rotatable bonds is 9. The Morgan fingerprint density at radius 3 is 2.30 bits per heavy atom. The van der Waals surface area contributed by atoms with Crippen LogP contribution in [0.2, 0.25) is 0 Å². The molecule has 0 spiro atoms. The van der Waals surface area contributed by atoms with Crippen molar-refractivity contribution in [3.8, 4) is 5.75 Å². The van der Waals surface area contributed by atoms with E-state index < -0.39 is 6.04 Å². The van der Waals surface area contributed by atoms with E-state index in [1.165, 1.54) is 0 Å². The van der Waals surface area contributed by atoms with Crippen molar-refractivity contribution in [2.75, 3.05) is 26.2 Å². The van der Waals surface area contributed by atoms with Crippen molar-refractivity contribution in [1.29, 1.82) is 0 Å². The van der Waals surface area contributed by atoms with Crippen LogP contribution in [0.1, 0.15) is 47.1 Å². The van der Waals surface area contributed by atoms with Gasteiger partial charge >= 0.3 is 0 Å². The summed E-state index contributed by atoms with van der Waals surface area (Å²) < 4.78 is 12.3. The van der Waals surface area contributed by atoms with Gasteiger partial charge in [-0.1, -0.05) is 86.6 Å². The Balaban J connectivity index is 1.41. The minimum absolute atomic E-state index is 0.141. The molecule has 6 rings (SSSR count). The first kappa shape index (κ1) is 25.8. The lowest BCUT2D eigenvalue weighted by atomic mass is 9.97. The number of hydrogen-bond acceptors (Lipinski definition) is 5. The van der Waals surface area contributed by atoms with Crippen molar-refractivity contribution in [3.63, 3.8) is 0 Å². The Hall–Kier alpha value is -4.42. The number of fused-ring (bicyclic) bond motifs is 4. The van der Waals surface area contributed by atoms with Gasteiger partial charge in [-0.3, -0.25) is 9.59 Å². The van der Waals surface area contributed by atoms with E-state index in [2.05, 4.69) is 18.7 Å². The second-order valence-electron chi connectivity index (χ2n) is 10.1. The fourth-order valence-electron chi connectivity index (χ4n) is 5.60. The van der Waals surface area contributed by atoms with Crippen LogP contribution in [0.25, 0.3) is 21.7 Å². The van der Waals surface area contributed by atoms with Crippen molar-refractivity contribution in [2.45, 2.75) is 26.5 Å².